The minimum absolute atomic E-state index is 0.0300. The first-order chi connectivity index (χ1) is 19.9. The van der Waals surface area contributed by atoms with Crippen LogP contribution in [0.15, 0.2) is 24.5 Å². The molecule has 0 radical (unpaired) electrons. The van der Waals surface area contributed by atoms with Crippen molar-refractivity contribution in [3.05, 3.63) is 30.1 Å². The van der Waals surface area contributed by atoms with Crippen molar-refractivity contribution in [3.63, 3.8) is 0 Å². The monoisotopic (exact) mass is 687 g/mol. The van der Waals surface area contributed by atoms with Crippen LogP contribution in [0.2, 0.25) is 0 Å². The zero-order valence-corrected chi connectivity index (χ0v) is 30.7. The van der Waals surface area contributed by atoms with Gasteiger partial charge in [0.2, 0.25) is 0 Å². The van der Waals surface area contributed by atoms with Gasteiger partial charge < -0.3 is 28.1 Å². The minimum atomic E-state index is -4.09. The number of carbonyl (C=O) groups is 1. The highest BCUT2D eigenvalue weighted by molar-refractivity contribution is 7.86. The largest absolute Gasteiger partial charge is 0.444 e. The van der Waals surface area contributed by atoms with Crippen molar-refractivity contribution in [2.75, 3.05) is 12.8 Å². The highest BCUT2D eigenvalue weighted by atomic mass is 32.2. The molecule has 0 aliphatic carbocycles. The predicted octanol–water partition coefficient (Wildman–Crippen LogP) is 5.80. The van der Waals surface area contributed by atoms with Gasteiger partial charge in [0, 0.05) is 12.1 Å². The summed E-state index contributed by atoms with van der Waals surface area (Å²) >= 11 is 0. The maximum absolute atomic E-state index is 14.4. The zero-order valence-electron chi connectivity index (χ0n) is 28.1. The van der Waals surface area contributed by atoms with E-state index in [2.05, 4.69) is 5.32 Å². The van der Waals surface area contributed by atoms with E-state index in [0.29, 0.717) is 5.56 Å². The molecule has 1 rings (SSSR count). The molecule has 44 heavy (non-hydrogen) atoms. The smallest absolute Gasteiger partial charge is 0.407 e. The molecule has 0 aliphatic rings. The summed E-state index contributed by atoms with van der Waals surface area (Å²) in [6.45, 7) is 18.8. The number of hydrogen-bond donors (Lipinski definition) is 1. The Balaban J connectivity index is 3.41. The van der Waals surface area contributed by atoms with Crippen molar-refractivity contribution < 1.29 is 53.9 Å². The van der Waals surface area contributed by atoms with Crippen LogP contribution in [0, 0.1) is 0 Å². The molecule has 256 valence electrons. The molecule has 0 bridgehead atoms. The zero-order chi connectivity index (χ0) is 34.1. The molecule has 1 aromatic rings. The van der Waals surface area contributed by atoms with Crippen molar-refractivity contribution in [2.45, 2.75) is 131 Å². The lowest BCUT2D eigenvalue weighted by molar-refractivity contribution is -0.702. The van der Waals surface area contributed by atoms with Gasteiger partial charge in [-0.25, -0.2) is 9.36 Å². The van der Waals surface area contributed by atoms with Gasteiger partial charge in [-0.05, 0) is 88.1 Å². The molecular formula is C28H53N2O11P2S+. The Kier molecular flexibility index (Phi) is 15.7. The molecule has 0 saturated carbocycles. The quantitative estimate of drug-likeness (QED) is 0.113. The Hall–Kier alpha value is -1.37. The molecule has 1 N–H and O–H groups in total. The number of amides is 1. The number of carbonyl (C=O) groups excluding carboxylic acids is 1. The lowest BCUT2D eigenvalue weighted by Gasteiger charge is -2.35. The number of ether oxygens (including phenoxy) is 1. The third-order valence-corrected chi connectivity index (χ3v) is 12.1. The van der Waals surface area contributed by atoms with E-state index in [0.717, 1.165) is 6.26 Å². The molecule has 1 heterocycles. The maximum atomic E-state index is 14.4. The lowest BCUT2D eigenvalue weighted by Crippen LogP contribution is -2.46. The third-order valence-electron chi connectivity index (χ3n) is 5.14. The predicted molar refractivity (Wildman–Crippen MR) is 168 cm³/mol. The lowest BCUT2D eigenvalue weighted by atomic mass is 10.2. The first-order valence-corrected chi connectivity index (χ1v) is 19.7. The SMILES string of the molecule is CC(C)OP(=O)(OC(C)C)C(Cc1cc[n+](CC(CNC(=O)OC(C)(C)C)OS(C)(=O)=O)cc1)P(=O)(OC(C)C)OC(C)C. The van der Waals surface area contributed by atoms with E-state index in [-0.39, 0.29) is 19.5 Å². The normalized spacial score (nSPS) is 14.2. The molecule has 0 fully saturated rings. The van der Waals surface area contributed by atoms with Crippen LogP contribution in [0.5, 0.6) is 0 Å². The molecule has 1 unspecified atom stereocenters. The average molecular weight is 688 g/mol. The van der Waals surface area contributed by atoms with Crippen molar-refractivity contribution >= 4 is 31.4 Å². The standard InChI is InChI=1S/C28H52N2O11P2S/c1-20(2)37-42(32,38-21(3)4)26(43(33,39-22(5)6)40-23(7)8)17-24-13-15-30(16-14-24)19-25(41-44(12,34)35)18-29-27(31)36-28(9,10)11/h13-16,20-23,25-26H,17-19H2,1-12H3/p+1. The Bertz CT molecular complexity index is 1180. The van der Waals surface area contributed by atoms with Gasteiger partial charge in [-0.15, -0.1) is 0 Å². The van der Waals surface area contributed by atoms with Gasteiger partial charge in [0.25, 0.3) is 10.1 Å². The number of hydrogen-bond acceptors (Lipinski definition) is 11. The van der Waals surface area contributed by atoms with Crippen LogP contribution in [0.4, 0.5) is 4.79 Å². The van der Waals surface area contributed by atoms with Crippen molar-refractivity contribution in [1.29, 1.82) is 0 Å². The Morgan fingerprint density at radius 1 is 0.841 bits per heavy atom. The summed E-state index contributed by atoms with van der Waals surface area (Å²) in [7, 11) is -12.0. The second-order valence-corrected chi connectivity index (χ2v) is 18.8. The Morgan fingerprint density at radius 2 is 1.25 bits per heavy atom. The number of alkyl carbamates (subject to hydrolysis) is 1. The topological polar surface area (TPSA) is 157 Å². The van der Waals surface area contributed by atoms with Crippen LogP contribution >= 0.6 is 15.2 Å². The second-order valence-electron chi connectivity index (χ2n) is 12.6. The van der Waals surface area contributed by atoms with E-state index in [1.807, 2.05) is 0 Å². The van der Waals surface area contributed by atoms with Crippen molar-refractivity contribution in [1.82, 2.24) is 5.32 Å². The number of aromatic nitrogens is 1. The van der Waals surface area contributed by atoms with E-state index < -0.39 is 72.9 Å². The molecule has 1 aromatic heterocycles. The van der Waals surface area contributed by atoms with E-state index in [1.54, 1.807) is 105 Å². The van der Waals surface area contributed by atoms with E-state index in [4.69, 9.17) is 27.0 Å². The second kappa shape index (κ2) is 17.0. The van der Waals surface area contributed by atoms with Gasteiger partial charge in [0.15, 0.2) is 30.4 Å². The van der Waals surface area contributed by atoms with Gasteiger partial charge in [-0.2, -0.15) is 8.42 Å². The number of rotatable bonds is 18. The highest BCUT2D eigenvalue weighted by Gasteiger charge is 2.53. The summed E-state index contributed by atoms with van der Waals surface area (Å²) in [5, 5.41) is 1.26. The summed E-state index contributed by atoms with van der Waals surface area (Å²) in [6.07, 6.45) is 0.535. The summed E-state index contributed by atoms with van der Waals surface area (Å²) in [5.41, 5.74) is -0.104. The average Bonchev–Trinajstić information content (AvgIpc) is 2.77. The fraction of sp³-hybridized carbons (Fsp3) is 0.786. The molecule has 0 aliphatic heterocycles. The van der Waals surface area contributed by atoms with Gasteiger partial charge >= 0.3 is 21.3 Å². The van der Waals surface area contributed by atoms with Crippen LogP contribution in [0.25, 0.3) is 0 Å². The van der Waals surface area contributed by atoms with Crippen LogP contribution in [0.3, 0.4) is 0 Å². The summed E-state index contributed by atoms with van der Waals surface area (Å²) < 4.78 is 88.2. The van der Waals surface area contributed by atoms with Crippen LogP contribution < -0.4 is 9.88 Å². The molecular weight excluding hydrogens is 634 g/mol. The Morgan fingerprint density at radius 3 is 1.59 bits per heavy atom. The molecule has 1 amide bonds. The molecule has 16 heteroatoms. The van der Waals surface area contributed by atoms with Gasteiger partial charge in [-0.3, -0.25) is 13.3 Å². The van der Waals surface area contributed by atoms with Gasteiger partial charge in [0.05, 0.1) is 37.2 Å². The van der Waals surface area contributed by atoms with Crippen molar-refractivity contribution in [3.8, 4) is 0 Å². The molecule has 1 atom stereocenters. The Labute approximate surface area is 263 Å². The minimum Gasteiger partial charge on any atom is -0.444 e. The summed E-state index contributed by atoms with van der Waals surface area (Å²) in [5.74, 6) is 0. The highest BCUT2D eigenvalue weighted by Crippen LogP contribution is 2.72. The maximum Gasteiger partial charge on any atom is 0.407 e. The first kappa shape index (κ1) is 40.7. The van der Waals surface area contributed by atoms with E-state index in [9.17, 15) is 22.3 Å². The van der Waals surface area contributed by atoms with Crippen LogP contribution in [0.1, 0.15) is 81.7 Å². The fourth-order valence-electron chi connectivity index (χ4n) is 3.98. The number of nitrogens with zero attached hydrogens (tertiary/aromatic N) is 1. The molecule has 0 aromatic carbocycles. The van der Waals surface area contributed by atoms with E-state index >= 15 is 0 Å². The van der Waals surface area contributed by atoms with Crippen LogP contribution in [-0.2, 0) is 59.2 Å². The van der Waals surface area contributed by atoms with Crippen molar-refractivity contribution in [2.24, 2.45) is 0 Å². The van der Waals surface area contributed by atoms with Gasteiger partial charge in [-0.1, -0.05) is 0 Å². The molecule has 0 saturated heterocycles. The first-order valence-electron chi connectivity index (χ1n) is 14.7. The number of pyridine rings is 1. The number of nitrogens with one attached hydrogen (secondary N) is 1. The summed E-state index contributed by atoms with van der Waals surface area (Å²) in [4.78, 5) is 12.1. The van der Waals surface area contributed by atoms with Crippen LogP contribution in [-0.4, -0.2) is 68.8 Å². The third kappa shape index (κ3) is 15.8. The molecule has 0 spiro atoms. The summed E-state index contributed by atoms with van der Waals surface area (Å²) in [6, 6.07) is 3.41. The van der Waals surface area contributed by atoms with Gasteiger partial charge in [0.1, 0.15) is 5.60 Å². The fourth-order valence-corrected chi connectivity index (χ4v) is 10.5. The molecule has 13 nitrogen and oxygen atoms in total. The van der Waals surface area contributed by atoms with E-state index in [1.165, 1.54) is 0 Å².